The number of ketones is 1. The second kappa shape index (κ2) is 4.57. The number of hydrogen-bond acceptors (Lipinski definition) is 2. The van der Waals surface area contributed by atoms with E-state index in [9.17, 15) is 9.18 Å². The van der Waals surface area contributed by atoms with E-state index in [1.807, 2.05) is 0 Å². The van der Waals surface area contributed by atoms with Crippen molar-refractivity contribution in [2.24, 2.45) is 0 Å². The normalized spacial score (nSPS) is 10.8. The van der Waals surface area contributed by atoms with Crippen LogP contribution < -0.4 is 0 Å². The molecule has 0 saturated carbocycles. The van der Waals surface area contributed by atoms with Crippen molar-refractivity contribution in [2.45, 2.75) is 0 Å². The largest absolute Gasteiger partial charge is 0.465 e. The predicted molar refractivity (Wildman–Crippen MR) is 58.5 cm³/mol. The van der Waals surface area contributed by atoms with Crippen LogP contribution in [0.25, 0.3) is 6.08 Å². The maximum atomic E-state index is 12.6. The lowest BCUT2D eigenvalue weighted by Crippen LogP contribution is -1.93. The third kappa shape index (κ3) is 2.45. The van der Waals surface area contributed by atoms with Gasteiger partial charge in [0.2, 0.25) is 0 Å². The zero-order valence-electron chi connectivity index (χ0n) is 8.39. The molecule has 0 aliphatic carbocycles. The SMILES string of the molecule is O=C(C=Cc1ccco1)c1ccc(F)cc1. The lowest BCUT2D eigenvalue weighted by molar-refractivity contribution is 0.104. The lowest BCUT2D eigenvalue weighted by atomic mass is 10.1. The first-order chi connectivity index (χ1) is 7.75. The van der Waals surface area contributed by atoms with E-state index < -0.39 is 0 Å². The van der Waals surface area contributed by atoms with Crippen molar-refractivity contribution in [3.8, 4) is 0 Å². The van der Waals surface area contributed by atoms with E-state index in [0.717, 1.165) is 0 Å². The molecular formula is C13H9FO2. The number of carbonyl (C=O) groups is 1. The minimum atomic E-state index is -0.355. The Morgan fingerprint density at radius 3 is 2.56 bits per heavy atom. The zero-order chi connectivity index (χ0) is 11.4. The van der Waals surface area contributed by atoms with E-state index in [1.54, 1.807) is 18.2 Å². The lowest BCUT2D eigenvalue weighted by Gasteiger charge is -1.94. The highest BCUT2D eigenvalue weighted by Crippen LogP contribution is 2.07. The van der Waals surface area contributed by atoms with Gasteiger partial charge < -0.3 is 4.42 Å². The molecule has 3 heteroatoms. The molecule has 1 heterocycles. The average molecular weight is 216 g/mol. The molecular weight excluding hydrogens is 207 g/mol. The number of rotatable bonds is 3. The van der Waals surface area contributed by atoms with Crippen LogP contribution in [0.5, 0.6) is 0 Å². The first-order valence-corrected chi connectivity index (χ1v) is 4.77. The molecule has 0 fully saturated rings. The van der Waals surface area contributed by atoms with E-state index >= 15 is 0 Å². The van der Waals surface area contributed by atoms with Gasteiger partial charge in [0.25, 0.3) is 0 Å². The van der Waals surface area contributed by atoms with Crippen LogP contribution in [-0.4, -0.2) is 5.78 Å². The van der Waals surface area contributed by atoms with E-state index in [0.29, 0.717) is 11.3 Å². The standard InChI is InChI=1S/C13H9FO2/c14-11-5-3-10(4-6-11)13(15)8-7-12-2-1-9-16-12/h1-9H. The highest BCUT2D eigenvalue weighted by Gasteiger charge is 2.01. The number of allylic oxidation sites excluding steroid dienone is 1. The Morgan fingerprint density at radius 2 is 1.94 bits per heavy atom. The Balaban J connectivity index is 2.11. The molecule has 0 N–H and O–H groups in total. The van der Waals surface area contributed by atoms with Gasteiger partial charge in [0, 0.05) is 5.56 Å². The minimum absolute atomic E-state index is 0.184. The first kappa shape index (κ1) is 10.4. The van der Waals surface area contributed by atoms with E-state index in [1.165, 1.54) is 36.6 Å². The molecule has 16 heavy (non-hydrogen) atoms. The number of hydrogen-bond donors (Lipinski definition) is 0. The van der Waals surface area contributed by atoms with Crippen LogP contribution in [0.1, 0.15) is 16.1 Å². The Labute approximate surface area is 92.0 Å². The summed E-state index contributed by atoms with van der Waals surface area (Å²) in [7, 11) is 0. The molecule has 1 aromatic heterocycles. The second-order valence-electron chi connectivity index (χ2n) is 3.22. The highest BCUT2D eigenvalue weighted by molar-refractivity contribution is 6.06. The van der Waals surface area contributed by atoms with Gasteiger partial charge in [-0.15, -0.1) is 0 Å². The predicted octanol–water partition coefficient (Wildman–Crippen LogP) is 3.31. The van der Waals surface area contributed by atoms with Crippen molar-refractivity contribution >= 4 is 11.9 Å². The van der Waals surface area contributed by atoms with Gasteiger partial charge >= 0.3 is 0 Å². The summed E-state index contributed by atoms with van der Waals surface area (Å²) in [5.41, 5.74) is 0.448. The van der Waals surface area contributed by atoms with Crippen molar-refractivity contribution in [1.29, 1.82) is 0 Å². The van der Waals surface area contributed by atoms with Gasteiger partial charge in [-0.2, -0.15) is 0 Å². The van der Waals surface area contributed by atoms with Crippen LogP contribution in [0, 0.1) is 5.82 Å². The van der Waals surface area contributed by atoms with Crippen molar-refractivity contribution in [3.05, 3.63) is 65.9 Å². The molecule has 0 bridgehead atoms. The fraction of sp³-hybridized carbons (Fsp3) is 0. The van der Waals surface area contributed by atoms with E-state index in [2.05, 4.69) is 0 Å². The Hall–Kier alpha value is -2.16. The third-order valence-corrected chi connectivity index (χ3v) is 2.07. The van der Waals surface area contributed by atoms with Crippen molar-refractivity contribution in [1.82, 2.24) is 0 Å². The van der Waals surface area contributed by atoms with E-state index in [4.69, 9.17) is 4.42 Å². The molecule has 0 saturated heterocycles. The Morgan fingerprint density at radius 1 is 1.19 bits per heavy atom. The fourth-order valence-corrected chi connectivity index (χ4v) is 1.25. The van der Waals surface area contributed by atoms with Crippen molar-refractivity contribution < 1.29 is 13.6 Å². The number of benzene rings is 1. The summed E-state index contributed by atoms with van der Waals surface area (Å²) in [5, 5.41) is 0. The average Bonchev–Trinajstić information content (AvgIpc) is 2.80. The first-order valence-electron chi connectivity index (χ1n) is 4.77. The molecule has 0 unspecified atom stereocenters. The van der Waals surface area contributed by atoms with E-state index in [-0.39, 0.29) is 11.6 Å². The molecule has 80 valence electrons. The van der Waals surface area contributed by atoms with Gasteiger partial charge in [-0.05, 0) is 48.6 Å². The summed E-state index contributed by atoms with van der Waals surface area (Å²) in [6, 6.07) is 8.90. The van der Waals surface area contributed by atoms with Crippen LogP contribution in [-0.2, 0) is 0 Å². The van der Waals surface area contributed by atoms with Gasteiger partial charge in [-0.1, -0.05) is 0 Å². The molecule has 0 aliphatic heterocycles. The number of halogens is 1. The smallest absolute Gasteiger partial charge is 0.185 e. The van der Waals surface area contributed by atoms with Crippen molar-refractivity contribution in [3.63, 3.8) is 0 Å². The molecule has 0 amide bonds. The fourth-order valence-electron chi connectivity index (χ4n) is 1.25. The number of carbonyl (C=O) groups excluding carboxylic acids is 1. The van der Waals surface area contributed by atoms with Crippen LogP contribution in [0.15, 0.2) is 53.2 Å². The van der Waals surface area contributed by atoms with Crippen LogP contribution in [0.3, 0.4) is 0 Å². The second-order valence-corrected chi connectivity index (χ2v) is 3.22. The molecule has 0 radical (unpaired) electrons. The maximum absolute atomic E-state index is 12.6. The molecule has 0 atom stereocenters. The minimum Gasteiger partial charge on any atom is -0.465 e. The summed E-state index contributed by atoms with van der Waals surface area (Å²) in [5.74, 6) is 0.0680. The summed E-state index contributed by atoms with van der Waals surface area (Å²) in [4.78, 5) is 11.6. The monoisotopic (exact) mass is 216 g/mol. The maximum Gasteiger partial charge on any atom is 0.185 e. The van der Waals surface area contributed by atoms with Gasteiger partial charge in [-0.25, -0.2) is 4.39 Å². The Bertz CT molecular complexity index is 495. The quantitative estimate of drug-likeness (QED) is 0.582. The number of furan rings is 1. The van der Waals surface area contributed by atoms with Gasteiger partial charge in [0.1, 0.15) is 11.6 Å². The third-order valence-electron chi connectivity index (χ3n) is 2.07. The van der Waals surface area contributed by atoms with Crippen LogP contribution >= 0.6 is 0 Å². The molecule has 2 nitrogen and oxygen atoms in total. The molecule has 0 aliphatic rings. The van der Waals surface area contributed by atoms with Gasteiger partial charge in [0.15, 0.2) is 5.78 Å². The summed E-state index contributed by atoms with van der Waals surface area (Å²) < 4.78 is 17.7. The summed E-state index contributed by atoms with van der Waals surface area (Å²) in [6.45, 7) is 0. The highest BCUT2D eigenvalue weighted by atomic mass is 19.1. The van der Waals surface area contributed by atoms with Crippen LogP contribution in [0.4, 0.5) is 4.39 Å². The Kier molecular flexibility index (Phi) is 2.96. The van der Waals surface area contributed by atoms with Crippen molar-refractivity contribution in [2.75, 3.05) is 0 Å². The summed E-state index contributed by atoms with van der Waals surface area (Å²) >= 11 is 0. The van der Waals surface area contributed by atoms with Crippen LogP contribution in [0.2, 0.25) is 0 Å². The topological polar surface area (TPSA) is 30.2 Å². The molecule has 2 rings (SSSR count). The molecule has 1 aromatic carbocycles. The zero-order valence-corrected chi connectivity index (χ0v) is 8.39. The summed E-state index contributed by atoms with van der Waals surface area (Å²) in [6.07, 6.45) is 4.50. The molecule has 2 aromatic rings. The van der Waals surface area contributed by atoms with Gasteiger partial charge in [0.05, 0.1) is 6.26 Å². The van der Waals surface area contributed by atoms with Gasteiger partial charge in [-0.3, -0.25) is 4.79 Å². The molecule has 0 spiro atoms.